The summed E-state index contributed by atoms with van der Waals surface area (Å²) >= 11 is 0. The number of para-hydroxylation sites is 1. The molecule has 1 atom stereocenters. The van der Waals surface area contributed by atoms with Gasteiger partial charge in [-0.15, -0.1) is 5.10 Å². The van der Waals surface area contributed by atoms with E-state index in [1.54, 1.807) is 4.68 Å². The molecular formula is C22H24N4O3. The largest absolute Gasteiger partial charge is 0.481 e. The van der Waals surface area contributed by atoms with Crippen LogP contribution in [0.4, 0.5) is 0 Å². The number of benzene rings is 2. The Morgan fingerprint density at radius 2 is 1.72 bits per heavy atom. The van der Waals surface area contributed by atoms with Crippen LogP contribution in [0.5, 0.6) is 0 Å². The third kappa shape index (κ3) is 5.51. The fourth-order valence-electron chi connectivity index (χ4n) is 3.12. The van der Waals surface area contributed by atoms with E-state index in [-0.39, 0.29) is 18.3 Å². The number of aromatic nitrogens is 3. The maximum atomic E-state index is 12.8. The Hall–Kier alpha value is -3.48. The molecule has 0 spiro atoms. The van der Waals surface area contributed by atoms with E-state index in [1.807, 2.05) is 67.6 Å². The molecule has 3 rings (SSSR count). The highest BCUT2D eigenvalue weighted by molar-refractivity contribution is 5.90. The normalized spacial score (nSPS) is 11.8. The number of amides is 1. The van der Waals surface area contributed by atoms with Gasteiger partial charge in [0.25, 0.3) is 5.91 Å². The number of nitrogens with one attached hydrogen (secondary N) is 1. The molecule has 1 amide bonds. The van der Waals surface area contributed by atoms with Crippen molar-refractivity contribution >= 4 is 11.9 Å². The number of rotatable bonds is 9. The second-order valence-electron chi connectivity index (χ2n) is 6.75. The molecule has 2 aromatic carbocycles. The molecule has 0 radical (unpaired) electrons. The molecule has 0 aliphatic carbocycles. The predicted molar refractivity (Wildman–Crippen MR) is 109 cm³/mol. The average Bonchev–Trinajstić information content (AvgIpc) is 3.18. The number of aryl methyl sites for hydroxylation is 1. The molecular weight excluding hydrogens is 368 g/mol. The van der Waals surface area contributed by atoms with Gasteiger partial charge in [0.2, 0.25) is 5.82 Å². The van der Waals surface area contributed by atoms with Crippen molar-refractivity contribution in [3.05, 3.63) is 77.9 Å². The average molecular weight is 392 g/mol. The van der Waals surface area contributed by atoms with Gasteiger partial charge in [-0.2, -0.15) is 0 Å². The van der Waals surface area contributed by atoms with Crippen LogP contribution in [0.3, 0.4) is 0 Å². The highest BCUT2D eigenvalue weighted by Gasteiger charge is 2.21. The number of aliphatic carboxylic acids is 1. The Morgan fingerprint density at radius 3 is 2.34 bits per heavy atom. The van der Waals surface area contributed by atoms with Gasteiger partial charge in [-0.05, 0) is 30.5 Å². The van der Waals surface area contributed by atoms with Gasteiger partial charge in [-0.3, -0.25) is 9.59 Å². The van der Waals surface area contributed by atoms with Crippen LogP contribution in [0.15, 0.2) is 60.7 Å². The van der Waals surface area contributed by atoms with Crippen molar-refractivity contribution in [2.24, 2.45) is 0 Å². The Balaban J connectivity index is 1.78. The van der Waals surface area contributed by atoms with Crippen molar-refractivity contribution in [1.29, 1.82) is 0 Å². The lowest BCUT2D eigenvalue weighted by atomic mass is 10.0. The summed E-state index contributed by atoms with van der Waals surface area (Å²) in [7, 11) is 0. The predicted octanol–water partition coefficient (Wildman–Crippen LogP) is 3.04. The van der Waals surface area contributed by atoms with Crippen LogP contribution in [0.25, 0.3) is 5.69 Å². The quantitative estimate of drug-likeness (QED) is 0.583. The van der Waals surface area contributed by atoms with Crippen molar-refractivity contribution < 1.29 is 14.7 Å². The number of nitrogens with zero attached hydrogens (tertiary/aromatic N) is 3. The van der Waals surface area contributed by atoms with Crippen LogP contribution in [0, 0.1) is 0 Å². The van der Waals surface area contributed by atoms with Gasteiger partial charge in [-0.1, -0.05) is 55.5 Å². The first-order chi connectivity index (χ1) is 14.1. The lowest BCUT2D eigenvalue weighted by Gasteiger charge is -2.17. The second kappa shape index (κ2) is 9.64. The molecule has 0 saturated carbocycles. The van der Waals surface area contributed by atoms with Crippen LogP contribution in [0.2, 0.25) is 0 Å². The van der Waals surface area contributed by atoms with Crippen LogP contribution in [-0.4, -0.2) is 37.8 Å². The number of carboxylic acids is 1. The first-order valence-corrected chi connectivity index (χ1v) is 9.64. The van der Waals surface area contributed by atoms with E-state index in [0.29, 0.717) is 25.1 Å². The number of hydrogen-bond donors (Lipinski definition) is 2. The maximum absolute atomic E-state index is 12.8. The lowest BCUT2D eigenvalue weighted by molar-refractivity contribution is -0.137. The van der Waals surface area contributed by atoms with Crippen LogP contribution < -0.4 is 5.32 Å². The van der Waals surface area contributed by atoms with E-state index in [2.05, 4.69) is 15.4 Å². The number of carbonyl (C=O) groups excluding carboxylic acids is 1. The van der Waals surface area contributed by atoms with Gasteiger partial charge in [0.05, 0.1) is 5.69 Å². The van der Waals surface area contributed by atoms with E-state index in [4.69, 9.17) is 5.11 Å². The van der Waals surface area contributed by atoms with Crippen molar-refractivity contribution in [2.45, 2.75) is 38.6 Å². The van der Waals surface area contributed by atoms with E-state index in [9.17, 15) is 9.59 Å². The summed E-state index contributed by atoms with van der Waals surface area (Å²) < 4.78 is 1.67. The Kier molecular flexibility index (Phi) is 6.73. The summed E-state index contributed by atoms with van der Waals surface area (Å²) in [6.07, 6.45) is 1.47. The highest BCUT2D eigenvalue weighted by Crippen LogP contribution is 2.12. The maximum Gasteiger partial charge on any atom is 0.303 e. The summed E-state index contributed by atoms with van der Waals surface area (Å²) in [6.45, 7) is 1.95. The molecule has 1 aromatic heterocycles. The molecule has 29 heavy (non-hydrogen) atoms. The third-order valence-electron chi connectivity index (χ3n) is 4.56. The monoisotopic (exact) mass is 392 g/mol. The van der Waals surface area contributed by atoms with E-state index in [1.165, 1.54) is 0 Å². The SMILES string of the molecule is CCc1nc(C(=O)NC(CCC(=O)O)Cc2ccccc2)nn1-c1ccccc1. The van der Waals surface area contributed by atoms with E-state index in [0.717, 1.165) is 11.3 Å². The fourth-order valence-corrected chi connectivity index (χ4v) is 3.12. The zero-order chi connectivity index (χ0) is 20.6. The van der Waals surface area contributed by atoms with Gasteiger partial charge in [-0.25, -0.2) is 9.67 Å². The van der Waals surface area contributed by atoms with Crippen molar-refractivity contribution in [3.63, 3.8) is 0 Å². The molecule has 0 aliphatic heterocycles. The number of carboxylic acid groups (broad SMARTS) is 1. The number of carbonyl (C=O) groups is 2. The van der Waals surface area contributed by atoms with Gasteiger partial charge >= 0.3 is 5.97 Å². The zero-order valence-corrected chi connectivity index (χ0v) is 16.3. The lowest BCUT2D eigenvalue weighted by Crippen LogP contribution is -2.37. The second-order valence-corrected chi connectivity index (χ2v) is 6.75. The zero-order valence-electron chi connectivity index (χ0n) is 16.3. The Labute approximate surface area is 169 Å². The van der Waals surface area contributed by atoms with Gasteiger partial charge in [0, 0.05) is 18.9 Å². The van der Waals surface area contributed by atoms with Crippen molar-refractivity contribution in [1.82, 2.24) is 20.1 Å². The van der Waals surface area contributed by atoms with Gasteiger partial charge in [0.1, 0.15) is 5.82 Å². The van der Waals surface area contributed by atoms with E-state index >= 15 is 0 Å². The summed E-state index contributed by atoms with van der Waals surface area (Å²) in [4.78, 5) is 28.2. The molecule has 150 valence electrons. The summed E-state index contributed by atoms with van der Waals surface area (Å²) in [5.74, 6) is -0.525. The van der Waals surface area contributed by atoms with Crippen LogP contribution >= 0.6 is 0 Å². The molecule has 0 aliphatic rings. The molecule has 1 unspecified atom stereocenters. The fraction of sp³-hybridized carbons (Fsp3) is 0.273. The Morgan fingerprint density at radius 1 is 1.07 bits per heavy atom. The van der Waals surface area contributed by atoms with Gasteiger partial charge < -0.3 is 10.4 Å². The van der Waals surface area contributed by atoms with Crippen molar-refractivity contribution in [3.8, 4) is 5.69 Å². The molecule has 7 nitrogen and oxygen atoms in total. The first-order valence-electron chi connectivity index (χ1n) is 9.64. The minimum atomic E-state index is -0.892. The smallest absolute Gasteiger partial charge is 0.303 e. The molecule has 7 heteroatoms. The molecule has 3 aromatic rings. The summed E-state index contributed by atoms with van der Waals surface area (Å²) in [5, 5.41) is 16.3. The minimum Gasteiger partial charge on any atom is -0.481 e. The Bertz CT molecular complexity index is 955. The number of hydrogen-bond acceptors (Lipinski definition) is 4. The summed E-state index contributed by atoms with van der Waals surface area (Å²) in [5.41, 5.74) is 1.86. The summed E-state index contributed by atoms with van der Waals surface area (Å²) in [6, 6.07) is 18.9. The molecule has 2 N–H and O–H groups in total. The topological polar surface area (TPSA) is 97.1 Å². The van der Waals surface area contributed by atoms with Gasteiger partial charge in [0.15, 0.2) is 0 Å². The molecule has 1 heterocycles. The third-order valence-corrected chi connectivity index (χ3v) is 4.56. The van der Waals surface area contributed by atoms with Crippen LogP contribution in [-0.2, 0) is 17.6 Å². The van der Waals surface area contributed by atoms with Crippen molar-refractivity contribution in [2.75, 3.05) is 0 Å². The highest BCUT2D eigenvalue weighted by atomic mass is 16.4. The molecule has 0 fully saturated rings. The first kappa shape index (κ1) is 20.3. The molecule has 0 saturated heterocycles. The van der Waals surface area contributed by atoms with Crippen LogP contribution in [0.1, 0.15) is 41.8 Å². The standard InChI is InChI=1S/C22H24N4O3/c1-2-19-24-21(25-26(19)18-11-7-4-8-12-18)22(29)23-17(13-14-20(27)28)15-16-9-5-3-6-10-16/h3-12,17H,2,13-15H2,1H3,(H,23,29)(H,27,28). The molecule has 0 bridgehead atoms. The minimum absolute atomic E-state index is 0.0239. The van der Waals surface area contributed by atoms with E-state index < -0.39 is 11.9 Å².